The third-order valence-electron chi connectivity index (χ3n) is 4.97. The number of hydrogen-bond acceptors (Lipinski definition) is 6. The van der Waals surface area contributed by atoms with E-state index < -0.39 is 28.2 Å². The smallest absolute Gasteiger partial charge is 0.238 e. The third kappa shape index (κ3) is 4.88. The van der Waals surface area contributed by atoms with Crippen LogP contribution in [-0.2, 0) is 18.5 Å². The molecule has 0 spiro atoms. The van der Waals surface area contributed by atoms with Gasteiger partial charge in [-0.05, 0) is 39.3 Å². The fourth-order valence-corrected chi connectivity index (χ4v) is 6.16. The van der Waals surface area contributed by atoms with Gasteiger partial charge in [-0.15, -0.1) is 0 Å². The Morgan fingerprint density at radius 2 is 0.964 bits per heavy atom. The summed E-state index contributed by atoms with van der Waals surface area (Å²) in [6.45, 7) is 25.8. The van der Waals surface area contributed by atoms with Crippen LogP contribution in [0.1, 0.15) is 54.4 Å². The fraction of sp³-hybridized carbons (Fsp3) is 0.900. The van der Waals surface area contributed by atoms with Gasteiger partial charge in [0, 0.05) is 10.8 Å². The van der Waals surface area contributed by atoms with E-state index in [2.05, 4.69) is 91.1 Å². The predicted molar refractivity (Wildman–Crippen MR) is 120 cm³/mol. The molecule has 28 heavy (non-hydrogen) atoms. The molecule has 2 heterocycles. The third-order valence-corrected chi connectivity index (χ3v) is 6.85. The van der Waals surface area contributed by atoms with Gasteiger partial charge in [0.1, 0.15) is 11.4 Å². The van der Waals surface area contributed by atoms with Gasteiger partial charge in [0.2, 0.25) is 11.6 Å². The molecule has 162 valence electrons. The van der Waals surface area contributed by atoms with Crippen molar-refractivity contribution in [2.45, 2.75) is 105 Å². The minimum absolute atomic E-state index is 0.228. The van der Waals surface area contributed by atoms with Crippen LogP contribution in [0, 0.1) is 10.8 Å². The molecule has 0 fully saturated rings. The Kier molecular flexibility index (Phi) is 5.83. The molecular weight excluding hydrogens is 388 g/mol. The Morgan fingerprint density at radius 1 is 0.679 bits per heavy atom. The second kappa shape index (κ2) is 6.92. The maximum Gasteiger partial charge on any atom is 0.238 e. The van der Waals surface area contributed by atoms with Crippen LogP contribution in [-0.4, -0.2) is 39.6 Å². The van der Waals surface area contributed by atoms with Crippen LogP contribution in [0.3, 0.4) is 0 Å². The number of nitrogens with zero attached hydrogens (tertiary/aromatic N) is 2. The molecule has 0 aromatic carbocycles. The summed E-state index contributed by atoms with van der Waals surface area (Å²) in [6.07, 6.45) is 1.13. The van der Waals surface area contributed by atoms with E-state index in [4.69, 9.17) is 18.5 Å². The topological polar surface area (TPSA) is 61.6 Å². The van der Waals surface area contributed by atoms with Crippen LogP contribution in [0.5, 0.6) is 0 Å². The Bertz CT molecular complexity index is 608. The lowest BCUT2D eigenvalue weighted by atomic mass is 9.80. The molecule has 0 aromatic rings. The van der Waals surface area contributed by atoms with Crippen molar-refractivity contribution < 1.29 is 18.5 Å². The molecule has 0 N–H and O–H groups in total. The quantitative estimate of drug-likeness (QED) is 0.525. The van der Waals surface area contributed by atoms with E-state index in [0.717, 1.165) is 11.4 Å². The molecule has 2 aliphatic rings. The molecule has 0 bridgehead atoms. The van der Waals surface area contributed by atoms with E-state index >= 15 is 0 Å². The largest absolute Gasteiger partial charge is 0.380 e. The molecule has 2 aliphatic heterocycles. The fourth-order valence-electron chi connectivity index (χ4n) is 3.35. The van der Waals surface area contributed by atoms with E-state index in [-0.39, 0.29) is 10.8 Å². The van der Waals surface area contributed by atoms with Crippen molar-refractivity contribution in [1.82, 2.24) is 0 Å². The van der Waals surface area contributed by atoms with Gasteiger partial charge < -0.3 is 18.5 Å². The van der Waals surface area contributed by atoms with Crippen molar-refractivity contribution in [3.63, 3.8) is 0 Å². The van der Waals surface area contributed by atoms with Gasteiger partial charge in [-0.1, -0.05) is 51.9 Å². The SMILES string of the molecule is CC(C)(C)C1(O[Si](C)(C)C)CC(C2=NOC(O[Si](C)(C)C)(C(C)(C)C)C2)=NO1. The summed E-state index contributed by atoms with van der Waals surface area (Å²) in [5.74, 6) is -1.55. The summed E-state index contributed by atoms with van der Waals surface area (Å²) >= 11 is 0. The average molecular weight is 429 g/mol. The molecular formula is C20H40N2O4Si2. The lowest BCUT2D eigenvalue weighted by molar-refractivity contribution is -0.231. The van der Waals surface area contributed by atoms with Crippen LogP contribution in [0.25, 0.3) is 0 Å². The van der Waals surface area contributed by atoms with Gasteiger partial charge in [0.05, 0.1) is 12.8 Å². The zero-order chi connectivity index (χ0) is 21.8. The highest BCUT2D eigenvalue weighted by Gasteiger charge is 2.57. The summed E-state index contributed by atoms with van der Waals surface area (Å²) < 4.78 is 13.0. The first-order valence-corrected chi connectivity index (χ1v) is 17.0. The Labute approximate surface area is 173 Å². The summed E-state index contributed by atoms with van der Waals surface area (Å²) in [4.78, 5) is 12.0. The van der Waals surface area contributed by atoms with E-state index in [9.17, 15) is 0 Å². The maximum atomic E-state index is 6.52. The molecule has 2 atom stereocenters. The van der Waals surface area contributed by atoms with Crippen molar-refractivity contribution >= 4 is 28.1 Å². The standard InChI is InChI=1S/C20H40N2O4Si2/c1-17(2,3)19(25-27(7,8)9)13-15(21-23-19)16-14-20(24-22-16,18(4,5)6)26-28(10,11)12/h13-14H2,1-12H3. The van der Waals surface area contributed by atoms with Crippen LogP contribution in [0.4, 0.5) is 0 Å². The van der Waals surface area contributed by atoms with Crippen LogP contribution in [0.15, 0.2) is 10.3 Å². The molecule has 0 radical (unpaired) electrons. The lowest BCUT2D eigenvalue weighted by Gasteiger charge is -2.43. The summed E-state index contributed by atoms with van der Waals surface area (Å²) in [5.41, 5.74) is 1.15. The van der Waals surface area contributed by atoms with Gasteiger partial charge in [0.25, 0.3) is 0 Å². The van der Waals surface area contributed by atoms with Crippen molar-refractivity contribution in [2.24, 2.45) is 21.1 Å². The van der Waals surface area contributed by atoms with Crippen molar-refractivity contribution in [3.05, 3.63) is 0 Å². The molecule has 0 aromatic heterocycles. The van der Waals surface area contributed by atoms with Gasteiger partial charge in [0.15, 0.2) is 16.6 Å². The van der Waals surface area contributed by atoms with Crippen molar-refractivity contribution in [1.29, 1.82) is 0 Å². The molecule has 0 saturated heterocycles. The minimum Gasteiger partial charge on any atom is -0.380 e. The molecule has 8 heteroatoms. The second-order valence-electron chi connectivity index (χ2n) is 12.0. The summed E-state index contributed by atoms with van der Waals surface area (Å²) in [6, 6.07) is 0. The second-order valence-corrected chi connectivity index (χ2v) is 20.9. The van der Waals surface area contributed by atoms with E-state index in [1.54, 1.807) is 0 Å². The minimum atomic E-state index is -1.85. The van der Waals surface area contributed by atoms with Crippen LogP contribution >= 0.6 is 0 Å². The Morgan fingerprint density at radius 3 is 1.18 bits per heavy atom. The Hall–Kier alpha value is -0.706. The Balaban J connectivity index is 2.26. The molecule has 0 amide bonds. The molecule has 0 aliphatic carbocycles. The first-order chi connectivity index (χ1) is 12.3. The highest BCUT2D eigenvalue weighted by Crippen LogP contribution is 2.47. The highest BCUT2D eigenvalue weighted by molar-refractivity contribution is 6.70. The molecule has 6 nitrogen and oxygen atoms in total. The highest BCUT2D eigenvalue weighted by atomic mass is 28.4. The molecule has 2 rings (SSSR count). The number of hydrogen-bond donors (Lipinski definition) is 0. The first kappa shape index (κ1) is 23.6. The zero-order valence-corrected chi connectivity index (χ0v) is 21.9. The normalized spacial score (nSPS) is 29.3. The van der Waals surface area contributed by atoms with E-state index in [0.29, 0.717) is 12.8 Å². The molecule has 0 saturated carbocycles. The maximum absolute atomic E-state index is 6.52. The van der Waals surface area contributed by atoms with Crippen LogP contribution in [0.2, 0.25) is 39.3 Å². The van der Waals surface area contributed by atoms with Crippen molar-refractivity contribution in [2.75, 3.05) is 0 Å². The lowest BCUT2D eigenvalue weighted by Crippen LogP contribution is -2.53. The van der Waals surface area contributed by atoms with Crippen molar-refractivity contribution in [3.8, 4) is 0 Å². The number of rotatable bonds is 5. The molecule has 2 unspecified atom stereocenters. The zero-order valence-electron chi connectivity index (χ0n) is 19.9. The summed E-state index contributed by atoms with van der Waals surface area (Å²) in [5, 5.41) is 8.85. The van der Waals surface area contributed by atoms with E-state index in [1.807, 2.05) is 0 Å². The average Bonchev–Trinajstić information content (AvgIpc) is 2.99. The van der Waals surface area contributed by atoms with Gasteiger partial charge in [-0.3, -0.25) is 0 Å². The van der Waals surface area contributed by atoms with Crippen LogP contribution < -0.4 is 0 Å². The number of oxime groups is 2. The van der Waals surface area contributed by atoms with Gasteiger partial charge in [-0.25, -0.2) is 0 Å². The van der Waals surface area contributed by atoms with Gasteiger partial charge in [-0.2, -0.15) is 0 Å². The predicted octanol–water partition coefficient (Wildman–Crippen LogP) is 5.73. The van der Waals surface area contributed by atoms with E-state index in [1.165, 1.54) is 0 Å². The first-order valence-electron chi connectivity index (χ1n) is 10.2. The van der Waals surface area contributed by atoms with Gasteiger partial charge >= 0.3 is 0 Å². The summed E-state index contributed by atoms with van der Waals surface area (Å²) in [7, 11) is -3.70. The monoisotopic (exact) mass is 428 g/mol.